The Morgan fingerprint density at radius 3 is 2.67 bits per heavy atom. The lowest BCUT2D eigenvalue weighted by molar-refractivity contribution is 0.102. The van der Waals surface area contributed by atoms with Crippen LogP contribution in [0.2, 0.25) is 0 Å². The van der Waals surface area contributed by atoms with Crippen molar-refractivity contribution in [2.75, 3.05) is 22.9 Å². The lowest BCUT2D eigenvalue weighted by Gasteiger charge is -2.29. The number of rotatable bonds is 6. The van der Waals surface area contributed by atoms with Gasteiger partial charge >= 0.3 is 0 Å². The second-order valence-electron chi connectivity index (χ2n) is 7.35. The summed E-state index contributed by atoms with van der Waals surface area (Å²) >= 11 is 1.40. The van der Waals surface area contributed by atoms with Crippen LogP contribution < -0.4 is 4.31 Å². The van der Waals surface area contributed by atoms with Crippen LogP contribution in [0.1, 0.15) is 22.3 Å². The van der Waals surface area contributed by atoms with Gasteiger partial charge in [-0.2, -0.15) is 0 Å². The molecule has 6 nitrogen and oxygen atoms in total. The first-order valence-electron chi connectivity index (χ1n) is 9.68. The van der Waals surface area contributed by atoms with E-state index in [1.54, 1.807) is 12.1 Å². The number of imidazole rings is 1. The van der Waals surface area contributed by atoms with Crippen molar-refractivity contribution in [3.8, 4) is 11.3 Å². The van der Waals surface area contributed by atoms with E-state index in [0.717, 1.165) is 34.8 Å². The number of carbonyl (C=O) groups is 1. The number of aromatic nitrogens is 2. The standard InChI is InChI=1S/C22H23N3O3S2/c1-24-20(16-7-4-3-5-8-16)14-23-22(24)29-15-21(26)18-10-11-19-17(13-18)9-6-12-25(19)30(2,27)28/h3-5,7-8,10-11,13-14H,6,9,12,15H2,1-2H3. The smallest absolute Gasteiger partial charge is 0.232 e. The first-order valence-corrected chi connectivity index (χ1v) is 12.5. The van der Waals surface area contributed by atoms with E-state index in [0.29, 0.717) is 17.8 Å². The second-order valence-corrected chi connectivity index (χ2v) is 10.2. The molecule has 0 amide bonds. The van der Waals surface area contributed by atoms with Gasteiger partial charge < -0.3 is 4.57 Å². The Bertz CT molecular complexity index is 1190. The molecule has 2 aromatic carbocycles. The number of fused-ring (bicyclic) bond motifs is 1. The largest absolute Gasteiger partial charge is 0.322 e. The third-order valence-corrected chi connectivity index (χ3v) is 7.45. The third-order valence-electron chi connectivity index (χ3n) is 5.23. The lowest BCUT2D eigenvalue weighted by atomic mass is 9.99. The van der Waals surface area contributed by atoms with Crippen LogP contribution >= 0.6 is 11.8 Å². The molecule has 0 bridgehead atoms. The van der Waals surface area contributed by atoms with Gasteiger partial charge in [0, 0.05) is 19.2 Å². The van der Waals surface area contributed by atoms with Crippen LogP contribution in [0, 0.1) is 0 Å². The molecule has 156 valence electrons. The van der Waals surface area contributed by atoms with Crippen LogP contribution in [0.25, 0.3) is 11.3 Å². The van der Waals surface area contributed by atoms with Gasteiger partial charge in [-0.05, 0) is 42.2 Å². The molecule has 0 N–H and O–H groups in total. The monoisotopic (exact) mass is 441 g/mol. The molecule has 0 unspecified atom stereocenters. The Morgan fingerprint density at radius 2 is 1.93 bits per heavy atom. The van der Waals surface area contributed by atoms with Gasteiger partial charge in [0.25, 0.3) is 0 Å². The quantitative estimate of drug-likeness (QED) is 0.430. The van der Waals surface area contributed by atoms with Crippen LogP contribution in [0.5, 0.6) is 0 Å². The van der Waals surface area contributed by atoms with Gasteiger partial charge in [0.05, 0.1) is 29.6 Å². The van der Waals surface area contributed by atoms with Crippen LogP contribution in [-0.2, 0) is 23.5 Å². The summed E-state index contributed by atoms with van der Waals surface area (Å²) in [7, 11) is -1.37. The molecule has 0 atom stereocenters. The van der Waals surface area contributed by atoms with E-state index in [1.165, 1.54) is 22.3 Å². The Balaban J connectivity index is 1.49. The molecule has 0 fully saturated rings. The van der Waals surface area contributed by atoms with Gasteiger partial charge in [-0.1, -0.05) is 42.1 Å². The maximum Gasteiger partial charge on any atom is 0.232 e. The highest BCUT2D eigenvalue weighted by Gasteiger charge is 2.24. The Labute approximate surface area is 181 Å². The normalized spacial score (nSPS) is 13.9. The number of thioether (sulfide) groups is 1. The number of hydrogen-bond acceptors (Lipinski definition) is 5. The van der Waals surface area contributed by atoms with E-state index in [2.05, 4.69) is 4.98 Å². The summed E-state index contributed by atoms with van der Waals surface area (Å²) < 4.78 is 27.4. The molecule has 0 spiro atoms. The molecule has 2 heterocycles. The summed E-state index contributed by atoms with van der Waals surface area (Å²) in [6.45, 7) is 0.484. The summed E-state index contributed by atoms with van der Waals surface area (Å²) in [5, 5.41) is 0.781. The molecule has 4 rings (SSSR count). The summed E-state index contributed by atoms with van der Waals surface area (Å²) in [6, 6.07) is 15.3. The summed E-state index contributed by atoms with van der Waals surface area (Å²) in [5.41, 5.74) is 4.28. The van der Waals surface area contributed by atoms with Gasteiger partial charge in [-0.25, -0.2) is 13.4 Å². The first kappa shape index (κ1) is 20.7. The SMILES string of the molecule is Cn1c(-c2ccccc2)cnc1SCC(=O)c1ccc2c(c1)CCCN2S(C)(=O)=O. The minimum absolute atomic E-state index is 0.00328. The van der Waals surface area contributed by atoms with E-state index in [9.17, 15) is 13.2 Å². The van der Waals surface area contributed by atoms with Crippen molar-refractivity contribution in [2.24, 2.45) is 7.05 Å². The molecular formula is C22H23N3O3S2. The zero-order valence-corrected chi connectivity index (χ0v) is 18.5. The van der Waals surface area contributed by atoms with Crippen molar-refractivity contribution in [1.29, 1.82) is 0 Å². The molecule has 0 saturated heterocycles. The van der Waals surface area contributed by atoms with Crippen molar-refractivity contribution in [2.45, 2.75) is 18.0 Å². The fourth-order valence-electron chi connectivity index (χ4n) is 3.70. The van der Waals surface area contributed by atoms with E-state index in [1.807, 2.05) is 54.2 Å². The van der Waals surface area contributed by atoms with Crippen molar-refractivity contribution >= 4 is 33.3 Å². The first-order chi connectivity index (χ1) is 14.3. The number of carbonyl (C=O) groups excluding carboxylic acids is 1. The van der Waals surface area contributed by atoms with Crippen LogP contribution in [0.4, 0.5) is 5.69 Å². The highest BCUT2D eigenvalue weighted by Crippen LogP contribution is 2.31. The van der Waals surface area contributed by atoms with Crippen molar-refractivity contribution < 1.29 is 13.2 Å². The summed E-state index contributed by atoms with van der Waals surface area (Å²) in [6.07, 6.45) is 4.56. The highest BCUT2D eigenvalue weighted by atomic mass is 32.2. The Morgan fingerprint density at radius 1 is 1.17 bits per heavy atom. The fraction of sp³-hybridized carbons (Fsp3) is 0.273. The molecule has 3 aromatic rings. The minimum Gasteiger partial charge on any atom is -0.322 e. The third kappa shape index (κ3) is 4.15. The minimum atomic E-state index is -3.31. The second kappa shape index (κ2) is 8.28. The van der Waals surface area contributed by atoms with Gasteiger partial charge in [0.15, 0.2) is 10.9 Å². The fourth-order valence-corrected chi connectivity index (χ4v) is 5.54. The molecule has 1 aliphatic rings. The van der Waals surface area contributed by atoms with Gasteiger partial charge in [-0.15, -0.1) is 0 Å². The lowest BCUT2D eigenvalue weighted by Crippen LogP contribution is -2.34. The van der Waals surface area contributed by atoms with Gasteiger partial charge in [0.1, 0.15) is 0 Å². The maximum absolute atomic E-state index is 12.8. The van der Waals surface area contributed by atoms with E-state index in [-0.39, 0.29) is 11.5 Å². The van der Waals surface area contributed by atoms with E-state index in [4.69, 9.17) is 0 Å². The highest BCUT2D eigenvalue weighted by molar-refractivity contribution is 7.99. The average molecular weight is 442 g/mol. The van der Waals surface area contributed by atoms with Crippen LogP contribution in [0.15, 0.2) is 59.9 Å². The number of benzene rings is 2. The molecular weight excluding hydrogens is 418 g/mol. The topological polar surface area (TPSA) is 72.3 Å². The number of sulfonamides is 1. The number of ketones is 1. The molecule has 0 radical (unpaired) electrons. The summed E-state index contributed by atoms with van der Waals surface area (Å²) in [5.74, 6) is 0.275. The Kier molecular flexibility index (Phi) is 5.71. The van der Waals surface area contributed by atoms with E-state index < -0.39 is 10.0 Å². The van der Waals surface area contributed by atoms with E-state index >= 15 is 0 Å². The number of hydrogen-bond donors (Lipinski definition) is 0. The predicted molar refractivity (Wildman–Crippen MR) is 121 cm³/mol. The molecule has 1 aromatic heterocycles. The number of aryl methyl sites for hydroxylation is 1. The number of nitrogens with zero attached hydrogens (tertiary/aromatic N) is 3. The molecule has 1 aliphatic heterocycles. The average Bonchev–Trinajstić information content (AvgIpc) is 3.11. The Hall–Kier alpha value is -2.58. The number of anilines is 1. The van der Waals surface area contributed by atoms with Crippen LogP contribution in [-0.4, -0.2) is 42.3 Å². The molecule has 8 heteroatoms. The molecule has 0 aliphatic carbocycles. The summed E-state index contributed by atoms with van der Waals surface area (Å²) in [4.78, 5) is 17.2. The zero-order chi connectivity index (χ0) is 21.3. The molecule has 30 heavy (non-hydrogen) atoms. The van der Waals surface area contributed by atoms with Crippen LogP contribution in [0.3, 0.4) is 0 Å². The van der Waals surface area contributed by atoms with Crippen molar-refractivity contribution in [1.82, 2.24) is 9.55 Å². The number of Topliss-reactive ketones (excluding diaryl/α,β-unsaturated/α-hetero) is 1. The van der Waals surface area contributed by atoms with Crippen molar-refractivity contribution in [3.63, 3.8) is 0 Å². The maximum atomic E-state index is 12.8. The van der Waals surface area contributed by atoms with Crippen molar-refractivity contribution in [3.05, 3.63) is 65.9 Å². The zero-order valence-electron chi connectivity index (χ0n) is 16.9. The predicted octanol–water partition coefficient (Wildman–Crippen LogP) is 3.77. The molecule has 0 saturated carbocycles. The van der Waals surface area contributed by atoms with Gasteiger partial charge in [0.2, 0.25) is 10.0 Å². The van der Waals surface area contributed by atoms with Gasteiger partial charge in [-0.3, -0.25) is 9.10 Å².